The first-order valence-electron chi connectivity index (χ1n) is 8.05. The van der Waals surface area contributed by atoms with Gasteiger partial charge in [-0.1, -0.05) is 0 Å². The van der Waals surface area contributed by atoms with Crippen LogP contribution in [0.25, 0.3) is 0 Å². The lowest BCUT2D eigenvalue weighted by molar-refractivity contribution is -0.138. The third-order valence-corrected chi connectivity index (χ3v) is 6.18. The maximum Gasteiger partial charge on any atom is 0.417 e. The van der Waals surface area contributed by atoms with Crippen LogP contribution in [0.5, 0.6) is 0 Å². The Morgan fingerprint density at radius 2 is 2.04 bits per heavy atom. The molecule has 0 aliphatic carbocycles. The monoisotopic (exact) mass is 430 g/mol. The topological polar surface area (TPSA) is 75.7 Å². The normalized spacial score (nSPS) is 18.6. The lowest BCUT2D eigenvalue weighted by Crippen LogP contribution is -2.42. The van der Waals surface area contributed by atoms with Crippen molar-refractivity contribution in [2.45, 2.75) is 23.9 Å². The Balaban J connectivity index is 0.00000364. The average molecular weight is 431 g/mol. The Morgan fingerprint density at radius 3 is 2.59 bits per heavy atom. The highest BCUT2D eigenvalue weighted by atomic mass is 35.5. The van der Waals surface area contributed by atoms with E-state index in [0.29, 0.717) is 19.0 Å². The van der Waals surface area contributed by atoms with E-state index in [-0.39, 0.29) is 31.4 Å². The number of benzene rings is 1. The fraction of sp³-hybridized carbons (Fsp3) is 0.562. The van der Waals surface area contributed by atoms with Crippen LogP contribution in [-0.2, 0) is 20.9 Å². The van der Waals surface area contributed by atoms with E-state index in [9.17, 15) is 26.4 Å². The van der Waals surface area contributed by atoms with Gasteiger partial charge in [0.25, 0.3) is 0 Å². The van der Waals surface area contributed by atoms with Crippen LogP contribution >= 0.6 is 12.4 Å². The fourth-order valence-corrected chi connectivity index (χ4v) is 4.64. The number of esters is 1. The summed E-state index contributed by atoms with van der Waals surface area (Å²) < 4.78 is 71.0. The summed E-state index contributed by atoms with van der Waals surface area (Å²) in [6, 6.07) is 2.36. The van der Waals surface area contributed by atoms with Crippen LogP contribution < -0.4 is 5.32 Å². The van der Waals surface area contributed by atoms with E-state index in [1.165, 1.54) is 4.31 Å². The lowest BCUT2D eigenvalue weighted by atomic mass is 10.00. The molecule has 1 aliphatic heterocycles. The van der Waals surface area contributed by atoms with Crippen molar-refractivity contribution >= 4 is 28.4 Å². The summed E-state index contributed by atoms with van der Waals surface area (Å²) in [7, 11) is -1.37. The van der Waals surface area contributed by atoms with Crippen LogP contribution in [0, 0.1) is 5.92 Å². The maximum absolute atomic E-state index is 13.3. The van der Waals surface area contributed by atoms with Gasteiger partial charge in [0.1, 0.15) is 0 Å². The molecular weight excluding hydrogens is 409 g/mol. The molecule has 1 N–H and O–H groups in total. The van der Waals surface area contributed by atoms with E-state index in [1.807, 2.05) is 0 Å². The van der Waals surface area contributed by atoms with Gasteiger partial charge < -0.3 is 10.1 Å². The van der Waals surface area contributed by atoms with Crippen molar-refractivity contribution in [3.8, 4) is 0 Å². The predicted octanol–water partition coefficient (Wildman–Crippen LogP) is 2.53. The summed E-state index contributed by atoms with van der Waals surface area (Å²) in [5, 5.41) is 2.98. The van der Waals surface area contributed by atoms with Crippen LogP contribution in [0.3, 0.4) is 0 Å². The number of hydrogen-bond acceptors (Lipinski definition) is 5. The number of alkyl halides is 3. The molecule has 6 nitrogen and oxygen atoms in total. The molecule has 0 spiro atoms. The van der Waals surface area contributed by atoms with Crippen LogP contribution in [-0.4, -0.2) is 52.5 Å². The Kier molecular flexibility index (Phi) is 8.09. The zero-order valence-electron chi connectivity index (χ0n) is 14.9. The first-order valence-corrected chi connectivity index (χ1v) is 9.49. The molecule has 0 saturated carbocycles. The molecule has 1 unspecified atom stereocenters. The standard InChI is InChI=1S/C16H21F3N2O4S.ClH/c1-20-9-11-4-3-7-21(10-11)26(23,24)12-5-6-13(15(22)25-2)14(8-12)16(17,18)19;/h5-6,8,11,20H,3-4,7,9-10H2,1-2H3;1H. The highest BCUT2D eigenvalue weighted by molar-refractivity contribution is 7.89. The highest BCUT2D eigenvalue weighted by Gasteiger charge is 2.38. The zero-order chi connectivity index (χ0) is 19.5. The van der Waals surface area contributed by atoms with Crippen LogP contribution in [0.15, 0.2) is 23.1 Å². The summed E-state index contributed by atoms with van der Waals surface area (Å²) in [4.78, 5) is 11.1. The van der Waals surface area contributed by atoms with E-state index in [1.54, 1.807) is 7.05 Å². The van der Waals surface area contributed by atoms with Crippen LogP contribution in [0.4, 0.5) is 13.2 Å². The molecule has 0 aromatic heterocycles. The molecule has 11 heteroatoms. The molecule has 1 aromatic rings. The second-order valence-electron chi connectivity index (χ2n) is 6.13. The van der Waals surface area contributed by atoms with Gasteiger partial charge in [-0.2, -0.15) is 17.5 Å². The number of nitrogens with zero attached hydrogens (tertiary/aromatic N) is 1. The summed E-state index contributed by atoms with van der Waals surface area (Å²) in [6.45, 7) is 1.12. The fourth-order valence-electron chi connectivity index (χ4n) is 3.06. The summed E-state index contributed by atoms with van der Waals surface area (Å²) in [5.41, 5.74) is -2.04. The molecule has 0 bridgehead atoms. The number of sulfonamides is 1. The van der Waals surface area contributed by atoms with Crippen molar-refractivity contribution in [1.82, 2.24) is 9.62 Å². The van der Waals surface area contributed by atoms with Gasteiger partial charge in [-0.3, -0.25) is 0 Å². The third-order valence-electron chi connectivity index (χ3n) is 4.31. The number of carbonyl (C=O) groups is 1. The third kappa shape index (κ3) is 5.34. The number of rotatable bonds is 5. The number of carbonyl (C=O) groups excluding carboxylic acids is 1. The Labute approximate surface area is 162 Å². The molecule has 2 rings (SSSR count). The minimum atomic E-state index is -4.88. The molecule has 1 fully saturated rings. The Hall–Kier alpha value is -1.36. The van der Waals surface area contributed by atoms with Crippen molar-refractivity contribution in [3.63, 3.8) is 0 Å². The van der Waals surface area contributed by atoms with Gasteiger partial charge >= 0.3 is 12.1 Å². The summed E-state index contributed by atoms with van der Waals surface area (Å²) >= 11 is 0. The second kappa shape index (κ2) is 9.22. The van der Waals surface area contributed by atoms with Crippen molar-refractivity contribution in [1.29, 1.82) is 0 Å². The molecular formula is C16H22ClF3N2O4S. The van der Waals surface area contributed by atoms with Crippen LogP contribution in [0.2, 0.25) is 0 Å². The smallest absolute Gasteiger partial charge is 0.417 e. The quantitative estimate of drug-likeness (QED) is 0.726. The first kappa shape index (κ1) is 23.7. The second-order valence-corrected chi connectivity index (χ2v) is 8.06. The predicted molar refractivity (Wildman–Crippen MR) is 95.4 cm³/mol. The number of nitrogens with one attached hydrogen (secondary N) is 1. The summed E-state index contributed by atoms with van der Waals surface area (Å²) in [5.74, 6) is -1.08. The molecule has 0 amide bonds. The summed E-state index contributed by atoms with van der Waals surface area (Å²) in [6.07, 6.45) is -3.40. The Morgan fingerprint density at radius 1 is 1.37 bits per heavy atom. The number of hydrogen-bond donors (Lipinski definition) is 1. The maximum atomic E-state index is 13.3. The largest absolute Gasteiger partial charge is 0.465 e. The van der Waals surface area contributed by atoms with Gasteiger partial charge in [-0.05, 0) is 50.6 Å². The lowest BCUT2D eigenvalue weighted by Gasteiger charge is -2.32. The van der Waals surface area contributed by atoms with Gasteiger partial charge in [0.05, 0.1) is 23.1 Å². The molecule has 154 valence electrons. The van der Waals surface area contributed by atoms with Crippen molar-refractivity contribution in [2.24, 2.45) is 5.92 Å². The molecule has 1 aromatic carbocycles. The minimum absolute atomic E-state index is 0. The minimum Gasteiger partial charge on any atom is -0.465 e. The van der Waals surface area contributed by atoms with Crippen molar-refractivity contribution in [2.75, 3.05) is 33.8 Å². The number of piperidine rings is 1. The number of ether oxygens (including phenoxy) is 1. The van der Waals surface area contributed by atoms with Crippen molar-refractivity contribution in [3.05, 3.63) is 29.3 Å². The first-order chi connectivity index (χ1) is 12.1. The number of methoxy groups -OCH3 is 1. The van der Waals surface area contributed by atoms with E-state index >= 15 is 0 Å². The van der Waals surface area contributed by atoms with Gasteiger partial charge in [0.2, 0.25) is 10.0 Å². The molecule has 1 atom stereocenters. The highest BCUT2D eigenvalue weighted by Crippen LogP contribution is 2.35. The van der Waals surface area contributed by atoms with Gasteiger partial charge in [0.15, 0.2) is 0 Å². The van der Waals surface area contributed by atoms with E-state index in [4.69, 9.17) is 0 Å². The molecule has 1 aliphatic rings. The zero-order valence-corrected chi connectivity index (χ0v) is 16.5. The molecule has 1 saturated heterocycles. The van der Waals surface area contributed by atoms with E-state index in [0.717, 1.165) is 25.7 Å². The Bertz CT molecular complexity index is 769. The molecule has 0 radical (unpaired) electrons. The SMILES string of the molecule is CNCC1CCCN(S(=O)(=O)c2ccc(C(=O)OC)c(C(F)(F)F)c2)C1.Cl. The van der Waals surface area contributed by atoms with Crippen molar-refractivity contribution < 1.29 is 31.1 Å². The molecule has 1 heterocycles. The average Bonchev–Trinajstić information content (AvgIpc) is 2.60. The molecule has 27 heavy (non-hydrogen) atoms. The van der Waals surface area contributed by atoms with E-state index < -0.39 is 38.2 Å². The van der Waals surface area contributed by atoms with Crippen LogP contribution in [0.1, 0.15) is 28.8 Å². The number of halogens is 4. The van der Waals surface area contributed by atoms with Gasteiger partial charge in [-0.15, -0.1) is 12.4 Å². The van der Waals surface area contributed by atoms with Gasteiger partial charge in [0, 0.05) is 13.1 Å². The van der Waals surface area contributed by atoms with Gasteiger partial charge in [-0.25, -0.2) is 13.2 Å². The van der Waals surface area contributed by atoms with E-state index in [2.05, 4.69) is 10.1 Å².